The predicted molar refractivity (Wildman–Crippen MR) is 163 cm³/mol. The van der Waals surface area contributed by atoms with Crippen LogP contribution in [-0.4, -0.2) is 69.4 Å². The minimum atomic E-state index is -1.14. The highest BCUT2D eigenvalue weighted by atomic mass is 32.2. The van der Waals surface area contributed by atoms with Gasteiger partial charge in [0.05, 0.1) is 11.0 Å². The summed E-state index contributed by atoms with van der Waals surface area (Å²) in [5.41, 5.74) is 8.71. The van der Waals surface area contributed by atoms with Crippen LogP contribution >= 0.6 is 0 Å². The van der Waals surface area contributed by atoms with Gasteiger partial charge in [-0.3, -0.25) is 14.7 Å². The van der Waals surface area contributed by atoms with Crippen LogP contribution in [0.4, 0.5) is 10.5 Å². The summed E-state index contributed by atoms with van der Waals surface area (Å²) in [7, 11) is 0.515. The molecule has 1 saturated heterocycles. The van der Waals surface area contributed by atoms with Gasteiger partial charge in [0.15, 0.2) is 0 Å². The van der Waals surface area contributed by atoms with Crippen LogP contribution in [0.2, 0.25) is 0 Å². The van der Waals surface area contributed by atoms with Gasteiger partial charge in [0.2, 0.25) is 0 Å². The molecule has 3 amide bonds. The van der Waals surface area contributed by atoms with Gasteiger partial charge >= 0.3 is 6.03 Å². The van der Waals surface area contributed by atoms with Crippen LogP contribution in [0.5, 0.6) is 0 Å². The van der Waals surface area contributed by atoms with Gasteiger partial charge in [-0.15, -0.1) is 0 Å². The maximum Gasteiger partial charge on any atom is 0.318 e. The number of amides is 3. The molecular weight excluding hydrogens is 526 g/mol. The number of carbonyl (C=O) groups is 2. The second-order valence-corrected chi connectivity index (χ2v) is 12.9. The van der Waals surface area contributed by atoms with Gasteiger partial charge in [0.1, 0.15) is 11.4 Å². The van der Waals surface area contributed by atoms with E-state index in [1.165, 1.54) is 37.0 Å². The van der Waals surface area contributed by atoms with Gasteiger partial charge in [-0.2, -0.15) is 0 Å². The summed E-state index contributed by atoms with van der Waals surface area (Å²) in [6.45, 7) is 5.50. The summed E-state index contributed by atoms with van der Waals surface area (Å²) in [6, 6.07) is 3.38. The van der Waals surface area contributed by atoms with Crippen molar-refractivity contribution in [1.82, 2.24) is 9.62 Å². The van der Waals surface area contributed by atoms with Crippen LogP contribution in [0.15, 0.2) is 17.1 Å². The van der Waals surface area contributed by atoms with Crippen molar-refractivity contribution in [3.8, 4) is 0 Å². The first-order valence-corrected chi connectivity index (χ1v) is 16.2. The van der Waals surface area contributed by atoms with Crippen molar-refractivity contribution >= 4 is 34.4 Å². The second kappa shape index (κ2) is 15.6. The molecule has 1 unspecified atom stereocenters. The molecule has 1 spiro atoms. The lowest BCUT2D eigenvalue weighted by molar-refractivity contribution is -0.124. The highest BCUT2D eigenvalue weighted by molar-refractivity contribution is 7.82. The van der Waals surface area contributed by atoms with Gasteiger partial charge < -0.3 is 16.2 Å². The lowest BCUT2D eigenvalue weighted by Gasteiger charge is -2.34. The number of piperidine rings is 1. The molecule has 2 heterocycles. The van der Waals surface area contributed by atoms with Gasteiger partial charge in [-0.25, -0.2) is 13.3 Å². The minimum absolute atomic E-state index is 0.00285. The first kappa shape index (κ1) is 32.2. The third-order valence-electron chi connectivity index (χ3n) is 8.36. The zero-order valence-electron chi connectivity index (χ0n) is 24.7. The number of nitrogens with one attached hydrogen (secondary N) is 1. The van der Waals surface area contributed by atoms with E-state index in [0.29, 0.717) is 44.7 Å². The number of unbranched alkanes of at least 4 members (excludes halogenated alkanes) is 8. The van der Waals surface area contributed by atoms with Crippen LogP contribution < -0.4 is 16.0 Å². The lowest BCUT2D eigenvalue weighted by Crippen LogP contribution is -2.49. The fourth-order valence-corrected chi connectivity index (χ4v) is 6.97. The second-order valence-electron chi connectivity index (χ2n) is 11.4. The highest BCUT2D eigenvalue weighted by Crippen LogP contribution is 2.31. The summed E-state index contributed by atoms with van der Waals surface area (Å²) in [6.07, 6.45) is 13.1. The minimum Gasteiger partial charge on any atom is -0.396 e. The third kappa shape index (κ3) is 8.85. The van der Waals surface area contributed by atoms with E-state index >= 15 is 0 Å². The average Bonchev–Trinajstić information content (AvgIpc) is 3.22. The fourth-order valence-electron chi connectivity index (χ4n) is 5.75. The number of aryl methyl sites for hydroxylation is 2. The Hall–Kier alpha value is -2.30. The van der Waals surface area contributed by atoms with Crippen molar-refractivity contribution in [2.45, 2.75) is 103 Å². The van der Waals surface area contributed by atoms with Crippen molar-refractivity contribution in [1.29, 1.82) is 0 Å². The van der Waals surface area contributed by atoms with E-state index in [4.69, 9.17) is 15.8 Å². The molecule has 1 atom stereocenters. The van der Waals surface area contributed by atoms with E-state index in [1.807, 2.05) is 30.3 Å². The molecule has 2 aliphatic rings. The molecule has 0 bridgehead atoms. The Balaban J connectivity index is 1.40. The summed E-state index contributed by atoms with van der Waals surface area (Å²) in [5, 5.41) is 11.9. The average molecular weight is 576 g/mol. The number of amidine groups is 1. The molecule has 0 saturated carbocycles. The molecule has 3 rings (SSSR count). The van der Waals surface area contributed by atoms with Crippen molar-refractivity contribution in [2.24, 2.45) is 10.7 Å². The van der Waals surface area contributed by atoms with Gasteiger partial charge in [0, 0.05) is 44.6 Å². The normalized spacial score (nSPS) is 17.6. The van der Waals surface area contributed by atoms with E-state index in [2.05, 4.69) is 5.32 Å². The number of primary amides is 1. The SMILES string of the molecule is Cc1cc(N(C)C(N)=O)cc(C)c1CCS(=O)N1CCC2(CC1)N=C(CCCCCCCCCCCO)NC2=O. The molecule has 40 heavy (non-hydrogen) atoms. The molecule has 1 fully saturated rings. The van der Waals surface area contributed by atoms with Crippen LogP contribution in [0.1, 0.15) is 93.7 Å². The van der Waals surface area contributed by atoms with E-state index < -0.39 is 22.6 Å². The number of anilines is 1. The Kier molecular flexibility index (Phi) is 12.6. The lowest BCUT2D eigenvalue weighted by atomic mass is 9.89. The van der Waals surface area contributed by atoms with E-state index in [0.717, 1.165) is 60.3 Å². The highest BCUT2D eigenvalue weighted by Gasteiger charge is 2.46. The van der Waals surface area contributed by atoms with E-state index in [9.17, 15) is 13.8 Å². The molecule has 10 heteroatoms. The summed E-state index contributed by atoms with van der Waals surface area (Å²) >= 11 is 0. The number of aliphatic hydroxyl groups is 1. The maximum absolute atomic E-state index is 13.1. The molecule has 0 aliphatic carbocycles. The van der Waals surface area contributed by atoms with Crippen LogP contribution in [0.25, 0.3) is 0 Å². The smallest absolute Gasteiger partial charge is 0.318 e. The van der Waals surface area contributed by atoms with Gasteiger partial charge in [-0.1, -0.05) is 44.9 Å². The number of carbonyl (C=O) groups excluding carboxylic acids is 2. The first-order valence-electron chi connectivity index (χ1n) is 14.9. The molecule has 0 aromatic heterocycles. The largest absolute Gasteiger partial charge is 0.396 e. The van der Waals surface area contributed by atoms with Crippen LogP contribution in [0, 0.1) is 13.8 Å². The Morgan fingerprint density at radius 2 is 1.57 bits per heavy atom. The molecule has 1 aromatic carbocycles. The Bertz CT molecular complexity index is 1050. The van der Waals surface area contributed by atoms with Crippen molar-refractivity contribution < 1.29 is 18.9 Å². The number of aliphatic imine (C=N–C) groups is 1. The van der Waals surface area contributed by atoms with Crippen molar-refractivity contribution in [3.63, 3.8) is 0 Å². The third-order valence-corrected chi connectivity index (χ3v) is 9.86. The Morgan fingerprint density at radius 3 is 2.12 bits per heavy atom. The topological polar surface area (TPSA) is 128 Å². The first-order chi connectivity index (χ1) is 19.2. The molecule has 9 nitrogen and oxygen atoms in total. The molecule has 2 aliphatic heterocycles. The van der Waals surface area contributed by atoms with E-state index in [-0.39, 0.29) is 5.91 Å². The van der Waals surface area contributed by atoms with Crippen LogP contribution in [0.3, 0.4) is 0 Å². The quantitative estimate of drug-likeness (QED) is 0.254. The van der Waals surface area contributed by atoms with Crippen molar-refractivity contribution in [2.75, 3.05) is 37.4 Å². The number of benzene rings is 1. The molecule has 1 aromatic rings. The monoisotopic (exact) mass is 575 g/mol. The maximum atomic E-state index is 13.1. The number of urea groups is 1. The summed E-state index contributed by atoms with van der Waals surface area (Å²) in [4.78, 5) is 30.6. The summed E-state index contributed by atoms with van der Waals surface area (Å²) in [5.74, 6) is 1.34. The number of nitrogens with zero attached hydrogens (tertiary/aromatic N) is 3. The number of aliphatic hydroxyl groups excluding tert-OH is 1. The zero-order chi connectivity index (χ0) is 29.1. The fraction of sp³-hybridized carbons (Fsp3) is 0.700. The number of rotatable bonds is 16. The van der Waals surface area contributed by atoms with Gasteiger partial charge in [0.25, 0.3) is 5.91 Å². The summed E-state index contributed by atoms with van der Waals surface area (Å²) < 4.78 is 15.1. The number of hydrogen-bond acceptors (Lipinski definition) is 5. The van der Waals surface area contributed by atoms with Crippen LogP contribution in [-0.2, 0) is 22.2 Å². The number of nitrogens with two attached hydrogens (primary N) is 1. The molecule has 224 valence electrons. The van der Waals surface area contributed by atoms with Crippen molar-refractivity contribution in [3.05, 3.63) is 28.8 Å². The Labute approximate surface area is 242 Å². The Morgan fingerprint density at radius 1 is 1.02 bits per heavy atom. The molecule has 0 radical (unpaired) electrons. The molecular formula is C30H49N5O4S. The predicted octanol–water partition coefficient (Wildman–Crippen LogP) is 4.28. The van der Waals surface area contributed by atoms with E-state index in [1.54, 1.807) is 7.05 Å². The molecule has 4 N–H and O–H groups in total. The zero-order valence-corrected chi connectivity index (χ0v) is 25.5. The number of hydrogen-bond donors (Lipinski definition) is 3. The van der Waals surface area contributed by atoms with Gasteiger partial charge in [-0.05, 0) is 74.8 Å². The standard InChI is InChI=1S/C30H49N5O4S/c1-23-21-25(34(3)29(31)38)22-24(2)26(23)14-20-40(39)35-17-15-30(16-18-35)28(37)32-27(33-30)13-11-9-7-5-4-6-8-10-12-19-36/h21-22,36H,4-20H2,1-3H3,(H2,31,38)(H,32,33,37).